The molecule has 0 radical (unpaired) electrons. The predicted molar refractivity (Wildman–Crippen MR) is 101 cm³/mol. The van der Waals surface area contributed by atoms with E-state index in [1.807, 2.05) is 67.6 Å². The number of hydrogen-bond donors (Lipinski definition) is 1. The van der Waals surface area contributed by atoms with Crippen molar-refractivity contribution in [2.24, 2.45) is 5.92 Å². The largest absolute Gasteiger partial charge is 0.458 e. The molecule has 0 aromatic heterocycles. The van der Waals surface area contributed by atoms with Crippen LogP contribution in [0.25, 0.3) is 0 Å². The lowest BCUT2D eigenvalue weighted by molar-refractivity contribution is -0.155. The van der Waals surface area contributed by atoms with Crippen molar-refractivity contribution in [1.29, 1.82) is 0 Å². The van der Waals surface area contributed by atoms with E-state index >= 15 is 0 Å². The topological polar surface area (TPSA) is 58.6 Å². The predicted octanol–water partition coefficient (Wildman–Crippen LogP) is 4.23. The van der Waals surface area contributed by atoms with Gasteiger partial charge in [-0.05, 0) is 37.5 Å². The van der Waals surface area contributed by atoms with Crippen LogP contribution in [0.5, 0.6) is 0 Å². The van der Waals surface area contributed by atoms with Gasteiger partial charge in [-0.25, -0.2) is 4.79 Å². The van der Waals surface area contributed by atoms with Crippen LogP contribution in [-0.4, -0.2) is 30.0 Å². The van der Waals surface area contributed by atoms with E-state index in [1.54, 1.807) is 4.90 Å². The molecule has 2 aromatic rings. The van der Waals surface area contributed by atoms with Gasteiger partial charge in [0.2, 0.25) is 0 Å². The highest BCUT2D eigenvalue weighted by Gasteiger charge is 2.29. The molecule has 136 valence electrons. The molecule has 1 heterocycles. The fourth-order valence-corrected chi connectivity index (χ4v) is 3.10. The van der Waals surface area contributed by atoms with Gasteiger partial charge in [0.15, 0.2) is 0 Å². The van der Waals surface area contributed by atoms with Crippen molar-refractivity contribution in [3.8, 4) is 0 Å². The minimum Gasteiger partial charge on any atom is -0.458 e. The maximum atomic E-state index is 12.4. The van der Waals surface area contributed by atoms with Crippen LogP contribution in [0, 0.1) is 5.92 Å². The van der Waals surface area contributed by atoms with Crippen LogP contribution in [0.4, 0.5) is 10.5 Å². The Morgan fingerprint density at radius 2 is 1.58 bits per heavy atom. The first-order valence-electron chi connectivity index (χ1n) is 9.00. The van der Waals surface area contributed by atoms with Gasteiger partial charge in [0.05, 0.1) is 5.92 Å². The third kappa shape index (κ3) is 4.63. The monoisotopic (exact) mass is 352 g/mol. The van der Waals surface area contributed by atoms with Crippen molar-refractivity contribution in [3.63, 3.8) is 0 Å². The first-order chi connectivity index (χ1) is 12.6. The highest BCUT2D eigenvalue weighted by atomic mass is 16.5. The van der Waals surface area contributed by atoms with E-state index in [9.17, 15) is 9.59 Å². The normalized spacial score (nSPS) is 16.0. The number of urea groups is 1. The second kappa shape index (κ2) is 8.52. The van der Waals surface area contributed by atoms with E-state index in [0.29, 0.717) is 25.9 Å². The van der Waals surface area contributed by atoms with Crippen molar-refractivity contribution in [2.45, 2.75) is 25.9 Å². The average molecular weight is 352 g/mol. The number of para-hydroxylation sites is 1. The molecule has 1 aliphatic rings. The molecule has 2 amide bonds. The summed E-state index contributed by atoms with van der Waals surface area (Å²) in [5, 5.41) is 2.88. The van der Waals surface area contributed by atoms with Gasteiger partial charge in [-0.2, -0.15) is 0 Å². The first-order valence-corrected chi connectivity index (χ1v) is 9.00. The van der Waals surface area contributed by atoms with Crippen LogP contribution in [0.2, 0.25) is 0 Å². The summed E-state index contributed by atoms with van der Waals surface area (Å²) in [6.45, 7) is 2.99. The summed E-state index contributed by atoms with van der Waals surface area (Å²) in [5.41, 5.74) is 1.76. The molecular weight excluding hydrogens is 328 g/mol. The first kappa shape index (κ1) is 18.0. The molecule has 0 saturated carbocycles. The summed E-state index contributed by atoms with van der Waals surface area (Å²) in [4.78, 5) is 26.5. The lowest BCUT2D eigenvalue weighted by Gasteiger charge is -2.31. The number of esters is 1. The van der Waals surface area contributed by atoms with E-state index in [4.69, 9.17) is 4.74 Å². The van der Waals surface area contributed by atoms with Crippen molar-refractivity contribution >= 4 is 17.7 Å². The van der Waals surface area contributed by atoms with Gasteiger partial charge in [0.25, 0.3) is 0 Å². The minimum atomic E-state index is -0.261. The van der Waals surface area contributed by atoms with Crippen molar-refractivity contribution < 1.29 is 14.3 Å². The highest BCUT2D eigenvalue weighted by molar-refractivity contribution is 5.89. The number of carbonyl (C=O) groups is 2. The van der Waals surface area contributed by atoms with Gasteiger partial charge >= 0.3 is 12.0 Å². The quantitative estimate of drug-likeness (QED) is 0.838. The van der Waals surface area contributed by atoms with Crippen LogP contribution >= 0.6 is 0 Å². The zero-order valence-electron chi connectivity index (χ0n) is 14.9. The van der Waals surface area contributed by atoms with Gasteiger partial charge in [-0.1, -0.05) is 48.5 Å². The van der Waals surface area contributed by atoms with E-state index in [-0.39, 0.29) is 24.0 Å². The van der Waals surface area contributed by atoms with Crippen molar-refractivity contribution in [1.82, 2.24) is 4.90 Å². The fraction of sp³-hybridized carbons (Fsp3) is 0.333. The molecule has 0 unspecified atom stereocenters. The molecule has 1 N–H and O–H groups in total. The van der Waals surface area contributed by atoms with Crippen LogP contribution in [0.1, 0.15) is 31.4 Å². The maximum Gasteiger partial charge on any atom is 0.321 e. The average Bonchev–Trinajstić information content (AvgIpc) is 2.69. The summed E-state index contributed by atoms with van der Waals surface area (Å²) in [5.74, 6) is -0.327. The highest BCUT2D eigenvalue weighted by Crippen LogP contribution is 2.24. The molecule has 5 heteroatoms. The summed E-state index contributed by atoms with van der Waals surface area (Å²) in [6, 6.07) is 19.0. The Kier molecular flexibility index (Phi) is 5.89. The molecule has 0 spiro atoms. The number of ether oxygens (including phenoxy) is 1. The number of rotatable bonds is 4. The van der Waals surface area contributed by atoms with E-state index < -0.39 is 0 Å². The van der Waals surface area contributed by atoms with Crippen LogP contribution in [-0.2, 0) is 9.53 Å². The third-order valence-corrected chi connectivity index (χ3v) is 4.70. The second-order valence-corrected chi connectivity index (χ2v) is 6.55. The molecule has 26 heavy (non-hydrogen) atoms. The number of nitrogens with one attached hydrogen (secondary N) is 1. The number of benzene rings is 2. The molecule has 2 aromatic carbocycles. The molecule has 3 rings (SSSR count). The Morgan fingerprint density at radius 1 is 1.00 bits per heavy atom. The zero-order valence-corrected chi connectivity index (χ0v) is 14.9. The van der Waals surface area contributed by atoms with E-state index in [1.165, 1.54) is 0 Å². The zero-order chi connectivity index (χ0) is 18.4. The molecule has 1 saturated heterocycles. The van der Waals surface area contributed by atoms with Gasteiger partial charge in [-0.3, -0.25) is 4.79 Å². The van der Waals surface area contributed by atoms with Crippen LogP contribution < -0.4 is 5.32 Å². The molecule has 0 aliphatic carbocycles. The van der Waals surface area contributed by atoms with E-state index in [2.05, 4.69) is 5.32 Å². The number of hydrogen-bond acceptors (Lipinski definition) is 3. The number of amides is 2. The lowest BCUT2D eigenvalue weighted by Crippen LogP contribution is -2.42. The Hall–Kier alpha value is -2.82. The van der Waals surface area contributed by atoms with Gasteiger partial charge in [-0.15, -0.1) is 0 Å². The Labute approximate surface area is 154 Å². The molecule has 1 fully saturated rings. The summed E-state index contributed by atoms with van der Waals surface area (Å²) in [7, 11) is 0. The standard InChI is InChI=1S/C21H24N2O3/c1-16(17-8-4-2-5-9-17)26-20(24)18-12-14-23(15-13-18)21(25)22-19-10-6-3-7-11-19/h2-11,16,18H,12-15H2,1H3,(H,22,25)/t16-/m1/s1. The van der Waals surface area contributed by atoms with Gasteiger partial charge in [0, 0.05) is 18.8 Å². The molecule has 1 atom stereocenters. The van der Waals surface area contributed by atoms with Crippen LogP contribution in [0.3, 0.4) is 0 Å². The van der Waals surface area contributed by atoms with Gasteiger partial charge < -0.3 is 15.0 Å². The van der Waals surface area contributed by atoms with Gasteiger partial charge in [0.1, 0.15) is 6.10 Å². The Balaban J connectivity index is 1.47. The summed E-state index contributed by atoms with van der Waals surface area (Å²) >= 11 is 0. The number of anilines is 1. The number of piperidine rings is 1. The molecule has 0 bridgehead atoms. The Bertz CT molecular complexity index is 725. The fourth-order valence-electron chi connectivity index (χ4n) is 3.10. The molecule has 5 nitrogen and oxygen atoms in total. The smallest absolute Gasteiger partial charge is 0.321 e. The summed E-state index contributed by atoms with van der Waals surface area (Å²) < 4.78 is 5.61. The maximum absolute atomic E-state index is 12.4. The SMILES string of the molecule is C[C@@H](OC(=O)C1CCN(C(=O)Nc2ccccc2)CC1)c1ccccc1. The number of nitrogens with zero attached hydrogens (tertiary/aromatic N) is 1. The second-order valence-electron chi connectivity index (χ2n) is 6.55. The van der Waals surface area contributed by atoms with Crippen LogP contribution in [0.15, 0.2) is 60.7 Å². The molecule has 1 aliphatic heterocycles. The van der Waals surface area contributed by atoms with E-state index in [0.717, 1.165) is 11.3 Å². The minimum absolute atomic E-state index is 0.124. The third-order valence-electron chi connectivity index (χ3n) is 4.70. The number of carbonyl (C=O) groups excluding carboxylic acids is 2. The summed E-state index contributed by atoms with van der Waals surface area (Å²) in [6.07, 6.45) is 0.994. The number of likely N-dealkylation sites (tertiary alicyclic amines) is 1. The lowest BCUT2D eigenvalue weighted by atomic mass is 9.97. The van der Waals surface area contributed by atoms with Crippen molar-refractivity contribution in [2.75, 3.05) is 18.4 Å². The van der Waals surface area contributed by atoms with Crippen molar-refractivity contribution in [3.05, 3.63) is 66.2 Å². The Morgan fingerprint density at radius 3 is 2.19 bits per heavy atom. The molecular formula is C21H24N2O3.